The van der Waals surface area contributed by atoms with E-state index in [1.54, 1.807) is 7.11 Å². The number of methoxy groups -OCH3 is 1. The van der Waals surface area contributed by atoms with Crippen molar-refractivity contribution in [2.24, 2.45) is 0 Å². The molecule has 5 nitrogen and oxygen atoms in total. The summed E-state index contributed by atoms with van der Waals surface area (Å²) in [5.41, 5.74) is 0.539. The summed E-state index contributed by atoms with van der Waals surface area (Å²) < 4.78 is 5.17. The summed E-state index contributed by atoms with van der Waals surface area (Å²) in [4.78, 5) is 23.2. The molecule has 1 aromatic rings. The fourth-order valence-electron chi connectivity index (χ4n) is 3.15. The smallest absolute Gasteiger partial charge is 0.303 e. The van der Waals surface area contributed by atoms with E-state index < -0.39 is 11.4 Å². The maximum atomic E-state index is 12.7. The zero-order chi connectivity index (χ0) is 16.0. The number of carboxylic acids is 1. The monoisotopic (exact) mass is 305 g/mol. The molecule has 0 saturated heterocycles. The molecule has 0 radical (unpaired) electrons. The molecule has 0 aromatic heterocycles. The van der Waals surface area contributed by atoms with Crippen LogP contribution in [0.15, 0.2) is 24.3 Å². The van der Waals surface area contributed by atoms with Crippen LogP contribution in [0.4, 0.5) is 0 Å². The number of ether oxygens (including phenoxy) is 1. The number of benzene rings is 1. The molecule has 0 aliphatic heterocycles. The molecule has 0 spiro atoms. The van der Waals surface area contributed by atoms with E-state index in [0.717, 1.165) is 37.0 Å². The Kier molecular flexibility index (Phi) is 5.41. The molecule has 0 heterocycles. The van der Waals surface area contributed by atoms with Crippen LogP contribution in [0.2, 0.25) is 0 Å². The molecule has 2 N–H and O–H groups in total. The van der Waals surface area contributed by atoms with Crippen molar-refractivity contribution >= 4 is 11.9 Å². The van der Waals surface area contributed by atoms with Gasteiger partial charge in [0.1, 0.15) is 5.75 Å². The largest absolute Gasteiger partial charge is 0.497 e. The van der Waals surface area contributed by atoms with Crippen molar-refractivity contribution in [2.75, 3.05) is 13.7 Å². The number of rotatable bonds is 7. The second kappa shape index (κ2) is 7.29. The van der Waals surface area contributed by atoms with Crippen LogP contribution >= 0.6 is 0 Å². The number of aliphatic carboxylic acids is 1. The van der Waals surface area contributed by atoms with Crippen molar-refractivity contribution in [2.45, 2.75) is 43.9 Å². The van der Waals surface area contributed by atoms with Gasteiger partial charge in [-0.05, 0) is 37.0 Å². The van der Waals surface area contributed by atoms with Gasteiger partial charge in [-0.15, -0.1) is 0 Å². The lowest BCUT2D eigenvalue weighted by atomic mass is 9.78. The molecule has 1 saturated carbocycles. The van der Waals surface area contributed by atoms with Gasteiger partial charge in [0.2, 0.25) is 5.91 Å². The van der Waals surface area contributed by atoms with E-state index >= 15 is 0 Å². The lowest BCUT2D eigenvalue weighted by Gasteiger charge is -2.28. The van der Waals surface area contributed by atoms with E-state index in [0.29, 0.717) is 13.0 Å². The molecular formula is C17H23NO4. The highest BCUT2D eigenvalue weighted by molar-refractivity contribution is 5.88. The maximum absolute atomic E-state index is 12.7. The molecular weight excluding hydrogens is 282 g/mol. The molecule has 1 aliphatic rings. The van der Waals surface area contributed by atoms with Gasteiger partial charge in [0.15, 0.2) is 0 Å². The lowest BCUT2D eigenvalue weighted by molar-refractivity contribution is -0.137. The summed E-state index contributed by atoms with van der Waals surface area (Å²) in [5, 5.41) is 11.6. The minimum Gasteiger partial charge on any atom is -0.497 e. The SMILES string of the molecule is COc1ccc(C2(C(=O)NCCCC(=O)O)CCCC2)cc1. The van der Waals surface area contributed by atoms with Crippen molar-refractivity contribution in [3.8, 4) is 5.75 Å². The zero-order valence-corrected chi connectivity index (χ0v) is 12.9. The standard InChI is InChI=1S/C17H23NO4/c1-22-14-8-6-13(7-9-14)17(10-2-3-11-17)16(21)18-12-4-5-15(19)20/h6-9H,2-5,10-12H2,1H3,(H,18,21)(H,19,20). The summed E-state index contributed by atoms with van der Waals surface area (Å²) in [6.07, 6.45) is 4.28. The number of hydrogen-bond acceptors (Lipinski definition) is 3. The van der Waals surface area contributed by atoms with Gasteiger partial charge in [-0.3, -0.25) is 9.59 Å². The van der Waals surface area contributed by atoms with Crippen molar-refractivity contribution in [3.63, 3.8) is 0 Å². The molecule has 2 rings (SSSR count). The first-order valence-electron chi connectivity index (χ1n) is 7.73. The third-order valence-corrected chi connectivity index (χ3v) is 4.39. The van der Waals surface area contributed by atoms with Gasteiger partial charge >= 0.3 is 5.97 Å². The number of amides is 1. The second-order valence-corrected chi connectivity index (χ2v) is 5.77. The van der Waals surface area contributed by atoms with Gasteiger partial charge < -0.3 is 15.2 Å². The highest BCUT2D eigenvalue weighted by atomic mass is 16.5. The van der Waals surface area contributed by atoms with E-state index in [4.69, 9.17) is 9.84 Å². The van der Waals surface area contributed by atoms with Crippen LogP contribution in [0.25, 0.3) is 0 Å². The number of carbonyl (C=O) groups excluding carboxylic acids is 1. The summed E-state index contributed by atoms with van der Waals surface area (Å²) in [7, 11) is 1.62. The van der Waals surface area contributed by atoms with Gasteiger partial charge in [-0.1, -0.05) is 25.0 Å². The van der Waals surface area contributed by atoms with E-state index in [9.17, 15) is 9.59 Å². The Bertz CT molecular complexity index is 518. The lowest BCUT2D eigenvalue weighted by Crippen LogP contribution is -2.43. The Morgan fingerprint density at radius 2 is 1.86 bits per heavy atom. The topological polar surface area (TPSA) is 75.6 Å². The van der Waals surface area contributed by atoms with Crippen molar-refractivity contribution in [1.82, 2.24) is 5.32 Å². The molecule has 0 bridgehead atoms. The molecule has 1 fully saturated rings. The van der Waals surface area contributed by atoms with Gasteiger partial charge in [0.25, 0.3) is 0 Å². The van der Waals surface area contributed by atoms with E-state index in [1.165, 1.54) is 0 Å². The highest BCUT2D eigenvalue weighted by Crippen LogP contribution is 2.41. The second-order valence-electron chi connectivity index (χ2n) is 5.77. The average molecular weight is 305 g/mol. The van der Waals surface area contributed by atoms with Gasteiger partial charge in [0, 0.05) is 13.0 Å². The Morgan fingerprint density at radius 3 is 2.41 bits per heavy atom. The molecule has 5 heteroatoms. The Labute approximate surface area is 130 Å². The number of carbonyl (C=O) groups is 2. The van der Waals surface area contributed by atoms with Crippen molar-refractivity contribution < 1.29 is 19.4 Å². The average Bonchev–Trinajstić information content (AvgIpc) is 3.02. The molecule has 22 heavy (non-hydrogen) atoms. The van der Waals surface area contributed by atoms with Crippen LogP contribution in [-0.2, 0) is 15.0 Å². The molecule has 120 valence electrons. The number of hydrogen-bond donors (Lipinski definition) is 2. The van der Waals surface area contributed by atoms with Crippen LogP contribution in [0, 0.1) is 0 Å². The van der Waals surface area contributed by atoms with E-state index in [-0.39, 0.29) is 12.3 Å². The Morgan fingerprint density at radius 1 is 1.23 bits per heavy atom. The van der Waals surface area contributed by atoms with Gasteiger partial charge in [-0.25, -0.2) is 0 Å². The fourth-order valence-corrected chi connectivity index (χ4v) is 3.15. The zero-order valence-electron chi connectivity index (χ0n) is 12.9. The Hall–Kier alpha value is -2.04. The third-order valence-electron chi connectivity index (χ3n) is 4.39. The predicted octanol–water partition coefficient (Wildman–Crippen LogP) is 2.49. The van der Waals surface area contributed by atoms with E-state index in [2.05, 4.69) is 5.32 Å². The summed E-state index contributed by atoms with van der Waals surface area (Å²) in [6, 6.07) is 7.68. The number of carboxylic acid groups (broad SMARTS) is 1. The molecule has 0 atom stereocenters. The van der Waals surface area contributed by atoms with Crippen molar-refractivity contribution in [3.05, 3.63) is 29.8 Å². The molecule has 1 amide bonds. The first-order valence-corrected chi connectivity index (χ1v) is 7.73. The summed E-state index contributed by atoms with van der Waals surface area (Å²) >= 11 is 0. The third kappa shape index (κ3) is 3.59. The van der Waals surface area contributed by atoms with Crippen LogP contribution < -0.4 is 10.1 Å². The molecule has 0 unspecified atom stereocenters. The predicted molar refractivity (Wildman–Crippen MR) is 83.0 cm³/mol. The normalized spacial score (nSPS) is 16.2. The minimum atomic E-state index is -0.833. The van der Waals surface area contributed by atoms with Crippen LogP contribution in [0.3, 0.4) is 0 Å². The van der Waals surface area contributed by atoms with Gasteiger partial charge in [0.05, 0.1) is 12.5 Å². The Balaban J connectivity index is 2.06. The highest BCUT2D eigenvalue weighted by Gasteiger charge is 2.42. The maximum Gasteiger partial charge on any atom is 0.303 e. The molecule has 1 aliphatic carbocycles. The number of nitrogens with one attached hydrogen (secondary N) is 1. The van der Waals surface area contributed by atoms with E-state index in [1.807, 2.05) is 24.3 Å². The van der Waals surface area contributed by atoms with Crippen LogP contribution in [-0.4, -0.2) is 30.6 Å². The first kappa shape index (κ1) is 16.3. The fraction of sp³-hybridized carbons (Fsp3) is 0.529. The van der Waals surface area contributed by atoms with Crippen LogP contribution in [0.5, 0.6) is 5.75 Å². The van der Waals surface area contributed by atoms with Crippen LogP contribution in [0.1, 0.15) is 44.1 Å². The minimum absolute atomic E-state index is 0.0144. The quantitative estimate of drug-likeness (QED) is 0.759. The summed E-state index contributed by atoms with van der Waals surface area (Å²) in [5.74, 6) is -0.0423. The molecule has 1 aromatic carbocycles. The van der Waals surface area contributed by atoms with Gasteiger partial charge in [-0.2, -0.15) is 0 Å². The first-order chi connectivity index (χ1) is 10.6. The van der Waals surface area contributed by atoms with Crippen molar-refractivity contribution in [1.29, 1.82) is 0 Å². The summed E-state index contributed by atoms with van der Waals surface area (Å²) in [6.45, 7) is 0.406.